The molecular weight excluding hydrogens is 573 g/mol. The fraction of sp³-hybridized carbons (Fsp3) is 0.381. The van der Waals surface area contributed by atoms with Gasteiger partial charge in [-0.05, 0) is 18.2 Å². The monoisotopic (exact) mass is 593 g/mol. The number of benzene rings is 1. The predicted molar refractivity (Wildman–Crippen MR) is 125 cm³/mol. The molecule has 0 saturated heterocycles. The van der Waals surface area contributed by atoms with Gasteiger partial charge in [-0.2, -0.15) is 13.2 Å². The summed E-state index contributed by atoms with van der Waals surface area (Å²) >= 11 is 1.17. The molecule has 0 aliphatic carbocycles. The fourth-order valence-electron chi connectivity index (χ4n) is 3.21. The number of pyridine rings is 1. The Morgan fingerprint density at radius 3 is 2.25 bits per heavy atom. The van der Waals surface area contributed by atoms with Gasteiger partial charge in [-0.25, -0.2) is 8.42 Å². The topological polar surface area (TPSA) is 121 Å². The van der Waals surface area contributed by atoms with Crippen LogP contribution in [0.3, 0.4) is 0 Å². The van der Waals surface area contributed by atoms with Crippen molar-refractivity contribution in [2.45, 2.75) is 48.4 Å². The number of nitro groups is 1. The molecule has 0 radical (unpaired) electrons. The largest absolute Gasteiger partial charge is 0.416 e. The number of rotatable bonds is 6. The number of halogens is 3. The third kappa shape index (κ3) is 6.30. The van der Waals surface area contributed by atoms with Crippen molar-refractivity contribution in [2.75, 3.05) is 5.75 Å². The van der Waals surface area contributed by atoms with E-state index in [0.29, 0.717) is 0 Å². The average Bonchev–Trinajstić information content (AvgIpc) is 3.12. The van der Waals surface area contributed by atoms with Gasteiger partial charge in [0.25, 0.3) is 5.69 Å². The number of hydrogen-bond donors (Lipinski definition) is 0. The maximum atomic E-state index is 13.2. The smallest absolute Gasteiger partial charge is 0.309 e. The first-order valence-electron chi connectivity index (χ1n) is 10.2. The van der Waals surface area contributed by atoms with E-state index in [0.717, 1.165) is 24.4 Å². The number of sulfone groups is 1. The quantitative estimate of drug-likeness (QED) is 0.166. The van der Waals surface area contributed by atoms with Gasteiger partial charge in [0, 0.05) is 49.1 Å². The van der Waals surface area contributed by atoms with Crippen molar-refractivity contribution in [1.82, 2.24) is 19.7 Å². The van der Waals surface area contributed by atoms with Crippen LogP contribution in [0.25, 0.3) is 22.9 Å². The summed E-state index contributed by atoms with van der Waals surface area (Å²) in [6.07, 6.45) is -3.61. The number of nitrogens with zero attached hydrogens (tertiary/aromatic N) is 5. The molecule has 0 aliphatic rings. The Balaban J connectivity index is 0.00000456. The van der Waals surface area contributed by atoms with E-state index in [1.54, 1.807) is 0 Å². The maximum Gasteiger partial charge on any atom is 0.416 e. The van der Waals surface area contributed by atoms with Crippen LogP contribution < -0.4 is 0 Å². The summed E-state index contributed by atoms with van der Waals surface area (Å²) in [5.41, 5.74) is -1.37. The molecule has 3 aromatic rings. The van der Waals surface area contributed by atoms with Crippen LogP contribution in [-0.4, -0.2) is 43.6 Å². The Kier molecular flexibility index (Phi) is 8.74. The van der Waals surface area contributed by atoms with Gasteiger partial charge in [0.05, 0.1) is 26.0 Å². The van der Waals surface area contributed by atoms with E-state index in [9.17, 15) is 31.7 Å². The molecule has 0 fully saturated rings. The Morgan fingerprint density at radius 1 is 1.11 bits per heavy atom. The van der Waals surface area contributed by atoms with Gasteiger partial charge < -0.3 is 4.57 Å². The molecule has 0 bridgehead atoms. The van der Waals surface area contributed by atoms with Crippen molar-refractivity contribution >= 4 is 27.3 Å². The first-order valence-corrected chi connectivity index (χ1v) is 12.7. The minimum Gasteiger partial charge on any atom is -0.309 e. The fourth-order valence-corrected chi connectivity index (χ4v) is 5.37. The van der Waals surface area contributed by atoms with E-state index in [1.807, 2.05) is 20.8 Å². The normalized spacial score (nSPS) is 12.3. The van der Waals surface area contributed by atoms with Gasteiger partial charge in [0.2, 0.25) is 0 Å². The molecule has 0 amide bonds. The molecule has 3 rings (SSSR count). The molecule has 0 aliphatic heterocycles. The molecule has 36 heavy (non-hydrogen) atoms. The number of nitro benzene ring substituents is 1. The molecular formula is C21H22F3N5O4S2Zn. The average molecular weight is 595 g/mol. The second-order valence-electron chi connectivity index (χ2n) is 8.52. The van der Waals surface area contributed by atoms with Gasteiger partial charge in [-0.15, -0.1) is 22.0 Å². The number of thioether (sulfide) groups is 1. The Labute approximate surface area is 222 Å². The maximum absolute atomic E-state index is 13.2. The van der Waals surface area contributed by atoms with E-state index in [2.05, 4.69) is 15.2 Å². The molecule has 9 nitrogen and oxygen atoms in total. The number of aromatic nitrogens is 4. The number of hydrogen-bond acceptors (Lipinski definition) is 8. The van der Waals surface area contributed by atoms with E-state index < -0.39 is 31.2 Å². The van der Waals surface area contributed by atoms with Crippen LogP contribution in [0.15, 0.2) is 40.3 Å². The van der Waals surface area contributed by atoms with Crippen molar-refractivity contribution in [3.63, 3.8) is 0 Å². The van der Waals surface area contributed by atoms with Crippen molar-refractivity contribution in [3.05, 3.63) is 46.1 Å². The molecule has 0 spiro atoms. The van der Waals surface area contributed by atoms with Crippen LogP contribution in [0.5, 0.6) is 0 Å². The zero-order chi connectivity index (χ0) is 26.3. The molecule has 0 N–H and O–H groups in total. The summed E-state index contributed by atoms with van der Waals surface area (Å²) < 4.78 is 66.1. The van der Waals surface area contributed by atoms with Crippen molar-refractivity contribution in [1.29, 1.82) is 0 Å². The summed E-state index contributed by atoms with van der Waals surface area (Å²) in [6, 6.07) is 4.00. The van der Waals surface area contributed by atoms with E-state index in [-0.39, 0.29) is 63.6 Å². The first kappa shape index (κ1) is 29.9. The van der Waals surface area contributed by atoms with Crippen molar-refractivity contribution < 1.29 is 46.0 Å². The molecule has 0 unspecified atom stereocenters. The van der Waals surface area contributed by atoms with Crippen LogP contribution in [0, 0.1) is 10.1 Å². The van der Waals surface area contributed by atoms with Gasteiger partial charge in [-0.1, -0.05) is 27.7 Å². The minimum absolute atomic E-state index is 0. The van der Waals surface area contributed by atoms with Crippen LogP contribution in [0.1, 0.15) is 33.3 Å². The summed E-state index contributed by atoms with van der Waals surface area (Å²) in [5.74, 6) is -0.353. The SMILES string of the molecule is CCS(=O)(=O)c1cc([N+](=O)[O-])c(SC(C)(C)C)cc1-c1nnc(-c2cc(C(F)(F)F)ccn2)n1C.[Zn]. The van der Waals surface area contributed by atoms with E-state index >= 15 is 0 Å². The molecule has 0 saturated carbocycles. The molecule has 15 heteroatoms. The Hall–Kier alpha value is -2.38. The van der Waals surface area contributed by atoms with Crippen LogP contribution in [-0.2, 0) is 42.5 Å². The van der Waals surface area contributed by atoms with Gasteiger partial charge in [0.15, 0.2) is 21.5 Å². The summed E-state index contributed by atoms with van der Waals surface area (Å²) in [7, 11) is -2.50. The molecule has 190 valence electrons. The van der Waals surface area contributed by atoms with Crippen LogP contribution in [0.2, 0.25) is 0 Å². The standard InChI is InChI=1S/C21H22F3N5O4S2.Zn/c1-6-35(32,33)17-11-15(29(30)31)16(34-20(2,3)4)10-13(17)18-26-27-19(28(18)5)14-9-12(7-8-25-14)21(22,23)24;/h7-11H,6H2,1-5H3;. The summed E-state index contributed by atoms with van der Waals surface area (Å²) in [5, 5.41) is 19.7. The molecule has 2 heterocycles. The van der Waals surface area contributed by atoms with Crippen molar-refractivity contribution in [3.8, 4) is 22.9 Å². The summed E-state index contributed by atoms with van der Waals surface area (Å²) in [6.45, 7) is 6.93. The second kappa shape index (κ2) is 10.5. The molecule has 2 aromatic heterocycles. The number of alkyl halides is 3. The third-order valence-electron chi connectivity index (χ3n) is 4.82. The Bertz CT molecular complexity index is 1400. The molecule has 0 atom stereocenters. The Morgan fingerprint density at radius 2 is 1.72 bits per heavy atom. The first-order chi connectivity index (χ1) is 16.0. The van der Waals surface area contributed by atoms with Crippen LogP contribution in [0.4, 0.5) is 18.9 Å². The zero-order valence-electron chi connectivity index (χ0n) is 20.1. The summed E-state index contributed by atoms with van der Waals surface area (Å²) in [4.78, 5) is 15.0. The second-order valence-corrected chi connectivity index (χ2v) is 12.6. The van der Waals surface area contributed by atoms with Gasteiger partial charge >= 0.3 is 6.18 Å². The predicted octanol–water partition coefficient (Wildman–Crippen LogP) is 5.15. The van der Waals surface area contributed by atoms with E-state index in [4.69, 9.17) is 0 Å². The molecule has 1 aromatic carbocycles. The third-order valence-corrected chi connectivity index (χ3v) is 7.75. The van der Waals surface area contributed by atoms with Crippen molar-refractivity contribution in [2.24, 2.45) is 7.05 Å². The van der Waals surface area contributed by atoms with Gasteiger partial charge in [-0.3, -0.25) is 15.1 Å². The van der Waals surface area contributed by atoms with Crippen LogP contribution >= 0.6 is 11.8 Å². The zero-order valence-corrected chi connectivity index (χ0v) is 24.7. The minimum atomic E-state index is -4.60. The van der Waals surface area contributed by atoms with E-state index in [1.165, 1.54) is 36.4 Å². The van der Waals surface area contributed by atoms with Gasteiger partial charge in [0.1, 0.15) is 5.69 Å².